The van der Waals surface area contributed by atoms with Crippen LogP contribution in [-0.2, 0) is 0 Å². The minimum absolute atomic E-state index is 0.0299. The van der Waals surface area contributed by atoms with Gasteiger partial charge in [-0.1, -0.05) is 24.3 Å². The number of nitrogens with zero attached hydrogens (tertiary/aromatic N) is 4. The van der Waals surface area contributed by atoms with Crippen LogP contribution >= 0.6 is 0 Å². The van der Waals surface area contributed by atoms with Gasteiger partial charge in [-0.15, -0.1) is 0 Å². The summed E-state index contributed by atoms with van der Waals surface area (Å²) in [6.07, 6.45) is 4.44. The zero-order valence-electron chi connectivity index (χ0n) is 16.2. The van der Waals surface area contributed by atoms with Gasteiger partial charge in [-0.3, -0.25) is 4.79 Å². The van der Waals surface area contributed by atoms with Crippen molar-refractivity contribution in [3.8, 4) is 11.1 Å². The molecule has 0 unspecified atom stereocenters. The van der Waals surface area contributed by atoms with Crippen LogP contribution in [-0.4, -0.2) is 38.8 Å². The summed E-state index contributed by atoms with van der Waals surface area (Å²) in [5.74, 6) is 0.715. The SMILES string of the molecule is Cc1nc(N)nc(C2=CCN(C(=O)c3ccccc3)CC2)c1-c1ccc(N)nc1. The minimum atomic E-state index is 0.0299. The predicted octanol–water partition coefficient (Wildman–Crippen LogP) is 2.94. The van der Waals surface area contributed by atoms with E-state index in [1.54, 1.807) is 12.3 Å². The van der Waals surface area contributed by atoms with E-state index in [-0.39, 0.29) is 11.9 Å². The summed E-state index contributed by atoms with van der Waals surface area (Å²) in [5, 5.41) is 0. The predicted molar refractivity (Wildman–Crippen MR) is 114 cm³/mol. The van der Waals surface area contributed by atoms with Gasteiger partial charge in [-0.2, -0.15) is 0 Å². The number of anilines is 2. The van der Waals surface area contributed by atoms with E-state index in [9.17, 15) is 4.79 Å². The molecule has 0 saturated carbocycles. The molecule has 1 aliphatic heterocycles. The van der Waals surface area contributed by atoms with Crippen molar-refractivity contribution in [2.24, 2.45) is 0 Å². The Morgan fingerprint density at radius 1 is 1.07 bits per heavy atom. The van der Waals surface area contributed by atoms with Gasteiger partial charge in [0.1, 0.15) is 5.82 Å². The minimum Gasteiger partial charge on any atom is -0.384 e. The summed E-state index contributed by atoms with van der Waals surface area (Å²) in [7, 11) is 0. The maximum absolute atomic E-state index is 12.7. The Morgan fingerprint density at radius 2 is 1.86 bits per heavy atom. The molecule has 0 bridgehead atoms. The summed E-state index contributed by atoms with van der Waals surface area (Å²) in [6, 6.07) is 13.0. The summed E-state index contributed by atoms with van der Waals surface area (Å²) < 4.78 is 0. The van der Waals surface area contributed by atoms with Crippen LogP contribution in [0.25, 0.3) is 16.7 Å². The van der Waals surface area contributed by atoms with Crippen LogP contribution < -0.4 is 11.5 Å². The Balaban J connectivity index is 1.66. The number of pyridine rings is 1. The average Bonchev–Trinajstić information content (AvgIpc) is 2.74. The monoisotopic (exact) mass is 386 g/mol. The number of benzene rings is 1. The molecule has 1 aromatic carbocycles. The topological polar surface area (TPSA) is 111 Å². The number of carbonyl (C=O) groups is 1. The first kappa shape index (κ1) is 18.6. The zero-order chi connectivity index (χ0) is 20.4. The lowest BCUT2D eigenvalue weighted by atomic mass is 9.95. The van der Waals surface area contributed by atoms with Crippen molar-refractivity contribution in [3.63, 3.8) is 0 Å². The third kappa shape index (κ3) is 3.80. The van der Waals surface area contributed by atoms with Gasteiger partial charge in [0.2, 0.25) is 5.95 Å². The number of hydrogen-bond donors (Lipinski definition) is 2. The van der Waals surface area contributed by atoms with E-state index in [0.29, 0.717) is 30.9 Å². The second-order valence-electron chi connectivity index (χ2n) is 6.96. The van der Waals surface area contributed by atoms with Crippen LogP contribution in [0.3, 0.4) is 0 Å². The molecule has 7 nitrogen and oxygen atoms in total. The number of aryl methyl sites for hydroxylation is 1. The molecule has 0 fully saturated rings. The van der Waals surface area contributed by atoms with Crippen molar-refractivity contribution in [1.29, 1.82) is 0 Å². The van der Waals surface area contributed by atoms with Crippen molar-refractivity contribution in [1.82, 2.24) is 19.9 Å². The maximum atomic E-state index is 12.7. The van der Waals surface area contributed by atoms with Gasteiger partial charge in [0.15, 0.2) is 0 Å². The lowest BCUT2D eigenvalue weighted by Crippen LogP contribution is -2.34. The van der Waals surface area contributed by atoms with Crippen LogP contribution in [0.2, 0.25) is 0 Å². The highest BCUT2D eigenvalue weighted by molar-refractivity contribution is 5.95. The quantitative estimate of drug-likeness (QED) is 0.716. The first-order chi connectivity index (χ1) is 14.0. The number of nitrogens with two attached hydrogens (primary N) is 2. The molecule has 0 aliphatic carbocycles. The van der Waals surface area contributed by atoms with Gasteiger partial charge < -0.3 is 16.4 Å². The number of nitrogen functional groups attached to an aromatic ring is 2. The molecule has 4 rings (SSSR count). The van der Waals surface area contributed by atoms with E-state index in [4.69, 9.17) is 11.5 Å². The molecular weight excluding hydrogens is 364 g/mol. The van der Waals surface area contributed by atoms with Gasteiger partial charge in [-0.05, 0) is 43.2 Å². The van der Waals surface area contributed by atoms with Crippen molar-refractivity contribution in [2.45, 2.75) is 13.3 Å². The highest BCUT2D eigenvalue weighted by atomic mass is 16.2. The molecule has 2 aromatic heterocycles. The average molecular weight is 386 g/mol. The summed E-state index contributed by atoms with van der Waals surface area (Å²) in [4.78, 5) is 27.6. The van der Waals surface area contributed by atoms with Crippen LogP contribution in [0.1, 0.15) is 28.2 Å². The van der Waals surface area contributed by atoms with Crippen LogP contribution in [0.5, 0.6) is 0 Å². The molecule has 4 N–H and O–H groups in total. The number of rotatable bonds is 3. The fourth-order valence-corrected chi connectivity index (χ4v) is 3.56. The van der Waals surface area contributed by atoms with Crippen molar-refractivity contribution < 1.29 is 4.79 Å². The molecule has 1 aliphatic rings. The van der Waals surface area contributed by atoms with Crippen molar-refractivity contribution in [3.05, 3.63) is 71.7 Å². The Morgan fingerprint density at radius 3 is 2.52 bits per heavy atom. The molecule has 7 heteroatoms. The molecule has 146 valence electrons. The second-order valence-corrected chi connectivity index (χ2v) is 6.96. The Labute approximate surface area is 169 Å². The Hall–Kier alpha value is -3.74. The van der Waals surface area contributed by atoms with E-state index < -0.39 is 0 Å². The van der Waals surface area contributed by atoms with Gasteiger partial charge >= 0.3 is 0 Å². The lowest BCUT2D eigenvalue weighted by molar-refractivity contribution is 0.0773. The van der Waals surface area contributed by atoms with Crippen LogP contribution in [0.15, 0.2) is 54.7 Å². The van der Waals surface area contributed by atoms with Crippen LogP contribution in [0.4, 0.5) is 11.8 Å². The van der Waals surface area contributed by atoms with Crippen molar-refractivity contribution >= 4 is 23.2 Å². The highest BCUT2D eigenvalue weighted by Gasteiger charge is 2.23. The zero-order valence-corrected chi connectivity index (χ0v) is 16.2. The first-order valence-electron chi connectivity index (χ1n) is 9.42. The molecule has 0 radical (unpaired) electrons. The van der Waals surface area contributed by atoms with Gasteiger partial charge in [0, 0.05) is 36.0 Å². The lowest BCUT2D eigenvalue weighted by Gasteiger charge is -2.27. The van der Waals surface area contributed by atoms with E-state index in [1.165, 1.54) is 0 Å². The number of amides is 1. The number of hydrogen-bond acceptors (Lipinski definition) is 6. The molecule has 0 spiro atoms. The fraction of sp³-hybridized carbons (Fsp3) is 0.182. The van der Waals surface area contributed by atoms with Crippen LogP contribution in [0, 0.1) is 6.92 Å². The maximum Gasteiger partial charge on any atom is 0.254 e. The van der Waals surface area contributed by atoms with E-state index in [2.05, 4.69) is 15.0 Å². The first-order valence-corrected chi connectivity index (χ1v) is 9.42. The molecule has 0 saturated heterocycles. The summed E-state index contributed by atoms with van der Waals surface area (Å²) in [6.45, 7) is 3.04. The molecule has 0 atom stereocenters. The third-order valence-electron chi connectivity index (χ3n) is 5.00. The summed E-state index contributed by atoms with van der Waals surface area (Å²) >= 11 is 0. The Kier molecular flexibility index (Phi) is 4.95. The molecule has 29 heavy (non-hydrogen) atoms. The molecule has 1 amide bonds. The summed E-state index contributed by atoms with van der Waals surface area (Å²) in [5.41, 5.74) is 16.7. The van der Waals surface area contributed by atoms with Gasteiger partial charge in [-0.25, -0.2) is 15.0 Å². The highest BCUT2D eigenvalue weighted by Crippen LogP contribution is 2.33. The standard InChI is InChI=1S/C22H22N6O/c1-14-19(17-7-8-18(23)25-13-17)20(27-22(24)26-14)15-9-11-28(12-10-15)21(29)16-5-3-2-4-6-16/h2-9,13H,10-12H2,1H3,(H2,23,25)(H2,24,26,27). The molecule has 3 heterocycles. The normalized spacial score (nSPS) is 13.8. The Bertz CT molecular complexity index is 1080. The molecule has 3 aromatic rings. The fourth-order valence-electron chi connectivity index (χ4n) is 3.56. The smallest absolute Gasteiger partial charge is 0.254 e. The van der Waals surface area contributed by atoms with Gasteiger partial charge in [0.05, 0.1) is 11.4 Å². The largest absolute Gasteiger partial charge is 0.384 e. The second kappa shape index (κ2) is 7.71. The number of aromatic nitrogens is 3. The third-order valence-corrected chi connectivity index (χ3v) is 5.00. The van der Waals surface area contributed by atoms with E-state index in [1.807, 2.05) is 54.3 Å². The van der Waals surface area contributed by atoms with E-state index in [0.717, 1.165) is 28.1 Å². The van der Waals surface area contributed by atoms with E-state index >= 15 is 0 Å². The van der Waals surface area contributed by atoms with Gasteiger partial charge in [0.25, 0.3) is 5.91 Å². The number of carbonyl (C=O) groups excluding carboxylic acids is 1. The molecular formula is C22H22N6O. The van der Waals surface area contributed by atoms with Crippen molar-refractivity contribution in [2.75, 3.05) is 24.6 Å².